The summed E-state index contributed by atoms with van der Waals surface area (Å²) in [5.41, 5.74) is 1.26. The summed E-state index contributed by atoms with van der Waals surface area (Å²) in [6.07, 6.45) is 6.35. The van der Waals surface area contributed by atoms with Crippen molar-refractivity contribution >= 4 is 18.4 Å². The van der Waals surface area contributed by atoms with E-state index in [4.69, 9.17) is 8.61 Å². The van der Waals surface area contributed by atoms with E-state index in [0.29, 0.717) is 17.9 Å². The second kappa shape index (κ2) is 10.3. The summed E-state index contributed by atoms with van der Waals surface area (Å²) in [5, 5.41) is 0. The first-order valence-electron chi connectivity index (χ1n) is 12.7. The van der Waals surface area contributed by atoms with Crippen LogP contribution in [0.2, 0.25) is 18.1 Å². The normalized spacial score (nSPS) is 29.6. The third-order valence-electron chi connectivity index (χ3n) is 8.95. The number of fused-ring (bicyclic) bond motifs is 1. The maximum absolute atomic E-state index is 12.7. The van der Waals surface area contributed by atoms with Gasteiger partial charge in [-0.25, -0.2) is 0 Å². The maximum atomic E-state index is 12.7. The van der Waals surface area contributed by atoms with Crippen LogP contribution in [0.3, 0.4) is 0 Å². The lowest BCUT2D eigenvalue weighted by atomic mass is 9.62. The predicted molar refractivity (Wildman–Crippen MR) is 134 cm³/mol. The van der Waals surface area contributed by atoms with Crippen molar-refractivity contribution in [1.82, 2.24) is 0 Å². The molecular formula is C26H44O4SSi. The van der Waals surface area contributed by atoms with Gasteiger partial charge in [0.05, 0.1) is 11.5 Å². The highest BCUT2D eigenvalue weighted by atomic mass is 32.2. The van der Waals surface area contributed by atoms with Crippen LogP contribution in [-0.4, -0.2) is 29.4 Å². The molecule has 32 heavy (non-hydrogen) atoms. The third kappa shape index (κ3) is 5.18. The standard InChI is InChI=1S/C26H44O4SSi/c1-7-32(8-2,9-3)30-25-11-10-18-26(6)23(16-17-24(25)26)21(5)19-29-31(27,28)22-14-12-20(4)13-15-22/h12-15,21,23-25H,7-11,16-19H2,1-6H3/t21-,23-,24+,25+,26-/m1/s1. The van der Waals surface area contributed by atoms with Gasteiger partial charge in [0.1, 0.15) is 0 Å². The molecule has 0 unspecified atom stereocenters. The van der Waals surface area contributed by atoms with E-state index >= 15 is 0 Å². The third-order valence-corrected chi connectivity index (χ3v) is 14.9. The van der Waals surface area contributed by atoms with Crippen LogP contribution >= 0.6 is 0 Å². The number of aryl methyl sites for hydroxylation is 1. The molecule has 0 aromatic heterocycles. The minimum absolute atomic E-state index is 0.203. The van der Waals surface area contributed by atoms with Gasteiger partial charge in [0, 0.05) is 6.10 Å². The Morgan fingerprint density at radius 1 is 1.06 bits per heavy atom. The van der Waals surface area contributed by atoms with E-state index in [9.17, 15) is 8.42 Å². The Labute approximate surface area is 197 Å². The lowest BCUT2D eigenvalue weighted by Gasteiger charge is -2.48. The van der Waals surface area contributed by atoms with Gasteiger partial charge in [-0.15, -0.1) is 0 Å². The molecule has 0 spiro atoms. The molecule has 4 nitrogen and oxygen atoms in total. The fourth-order valence-electron chi connectivity index (χ4n) is 6.64. The number of rotatable bonds is 10. The fraction of sp³-hybridized carbons (Fsp3) is 0.769. The SMILES string of the molecule is CC[Si](CC)(CC)O[C@H]1CCC[C@]2(C)[C@@H]([C@H](C)COS(=O)(=O)c3ccc(C)cc3)CC[C@@H]12. The molecule has 3 rings (SSSR count). The number of benzene rings is 1. The highest BCUT2D eigenvalue weighted by Crippen LogP contribution is 2.58. The Morgan fingerprint density at radius 3 is 2.28 bits per heavy atom. The molecule has 0 aliphatic heterocycles. The van der Waals surface area contributed by atoms with Crippen LogP contribution in [0.1, 0.15) is 72.3 Å². The van der Waals surface area contributed by atoms with E-state index in [-0.39, 0.29) is 22.8 Å². The van der Waals surface area contributed by atoms with Crippen molar-refractivity contribution < 1.29 is 17.0 Å². The maximum Gasteiger partial charge on any atom is 0.296 e. The van der Waals surface area contributed by atoms with Crippen LogP contribution < -0.4 is 0 Å². The molecule has 0 bridgehead atoms. The fourth-order valence-corrected chi connectivity index (χ4v) is 10.6. The van der Waals surface area contributed by atoms with Crippen LogP contribution in [0.15, 0.2) is 29.2 Å². The molecule has 2 aliphatic carbocycles. The lowest BCUT2D eigenvalue weighted by Crippen LogP contribution is -2.48. The number of hydrogen-bond donors (Lipinski definition) is 0. The van der Waals surface area contributed by atoms with Crippen molar-refractivity contribution in [2.24, 2.45) is 23.2 Å². The minimum atomic E-state index is -3.71. The molecular weight excluding hydrogens is 436 g/mol. The predicted octanol–water partition coefficient (Wildman–Crippen LogP) is 6.94. The second-order valence-corrected chi connectivity index (χ2v) is 17.0. The van der Waals surface area contributed by atoms with Gasteiger partial charge < -0.3 is 4.43 Å². The van der Waals surface area contributed by atoms with E-state index < -0.39 is 18.4 Å². The van der Waals surface area contributed by atoms with Crippen LogP contribution in [0.25, 0.3) is 0 Å². The van der Waals surface area contributed by atoms with Gasteiger partial charge in [0.15, 0.2) is 8.32 Å². The zero-order valence-corrected chi connectivity index (χ0v) is 22.8. The average molecular weight is 481 g/mol. The smallest absolute Gasteiger partial charge is 0.296 e. The summed E-state index contributed by atoms with van der Waals surface area (Å²) in [7, 11) is -5.35. The summed E-state index contributed by atoms with van der Waals surface area (Å²) < 4.78 is 38.0. The number of hydrogen-bond acceptors (Lipinski definition) is 4. The minimum Gasteiger partial charge on any atom is -0.414 e. The lowest BCUT2D eigenvalue weighted by molar-refractivity contribution is -0.0236. The molecule has 0 amide bonds. The van der Waals surface area contributed by atoms with Crippen LogP contribution in [0.4, 0.5) is 0 Å². The molecule has 1 aromatic carbocycles. The van der Waals surface area contributed by atoms with Crippen molar-refractivity contribution in [2.75, 3.05) is 6.61 Å². The molecule has 2 aliphatic rings. The van der Waals surface area contributed by atoms with Crippen LogP contribution in [-0.2, 0) is 18.7 Å². The van der Waals surface area contributed by atoms with Crippen molar-refractivity contribution in [3.05, 3.63) is 29.8 Å². The van der Waals surface area contributed by atoms with Crippen molar-refractivity contribution in [3.8, 4) is 0 Å². The van der Waals surface area contributed by atoms with Crippen molar-refractivity contribution in [3.63, 3.8) is 0 Å². The second-order valence-electron chi connectivity index (χ2n) is 10.6. The Hall–Kier alpha value is -0.693. The summed E-state index contributed by atoms with van der Waals surface area (Å²) in [4.78, 5) is 0.247. The largest absolute Gasteiger partial charge is 0.414 e. The Balaban J connectivity index is 1.68. The van der Waals surface area contributed by atoms with Gasteiger partial charge in [-0.05, 0) is 86.0 Å². The highest BCUT2D eigenvalue weighted by Gasteiger charge is 2.54. The molecule has 0 N–H and O–H groups in total. The molecule has 5 atom stereocenters. The molecule has 0 saturated heterocycles. The topological polar surface area (TPSA) is 52.6 Å². The van der Waals surface area contributed by atoms with Crippen molar-refractivity contribution in [1.29, 1.82) is 0 Å². The van der Waals surface area contributed by atoms with Gasteiger partial charge in [0.2, 0.25) is 0 Å². The van der Waals surface area contributed by atoms with Gasteiger partial charge in [-0.3, -0.25) is 4.18 Å². The van der Waals surface area contributed by atoms with E-state index in [1.54, 1.807) is 12.1 Å². The quantitative estimate of drug-likeness (QED) is 0.269. The summed E-state index contributed by atoms with van der Waals surface area (Å²) in [6.45, 7) is 13.8. The molecule has 1 aromatic rings. The van der Waals surface area contributed by atoms with Gasteiger partial charge in [-0.1, -0.05) is 58.7 Å². The monoisotopic (exact) mass is 480 g/mol. The Bertz CT molecular complexity index is 841. The molecule has 6 heteroatoms. The van der Waals surface area contributed by atoms with Gasteiger partial charge >= 0.3 is 0 Å². The van der Waals surface area contributed by atoms with Crippen molar-refractivity contribution in [2.45, 2.75) is 103 Å². The van der Waals surface area contributed by atoms with Gasteiger partial charge in [-0.2, -0.15) is 8.42 Å². The molecule has 182 valence electrons. The summed E-state index contributed by atoms with van der Waals surface area (Å²) in [5.74, 6) is 1.27. The van der Waals surface area contributed by atoms with E-state index in [1.807, 2.05) is 19.1 Å². The van der Waals surface area contributed by atoms with E-state index in [0.717, 1.165) is 12.0 Å². The van der Waals surface area contributed by atoms with Gasteiger partial charge in [0.25, 0.3) is 10.1 Å². The zero-order chi connectivity index (χ0) is 23.6. The molecule has 2 saturated carbocycles. The Kier molecular flexibility index (Phi) is 8.33. The zero-order valence-electron chi connectivity index (χ0n) is 21.0. The molecule has 0 radical (unpaired) electrons. The highest BCUT2D eigenvalue weighted by molar-refractivity contribution is 7.86. The molecule has 2 fully saturated rings. The average Bonchev–Trinajstić information content (AvgIpc) is 3.14. The summed E-state index contributed by atoms with van der Waals surface area (Å²) >= 11 is 0. The molecule has 0 heterocycles. The summed E-state index contributed by atoms with van der Waals surface area (Å²) in [6, 6.07) is 10.5. The van der Waals surface area contributed by atoms with Crippen LogP contribution in [0.5, 0.6) is 0 Å². The first kappa shape index (κ1) is 25.9. The Morgan fingerprint density at radius 2 is 1.69 bits per heavy atom. The first-order chi connectivity index (χ1) is 15.1. The first-order valence-corrected chi connectivity index (χ1v) is 16.7. The van der Waals surface area contributed by atoms with E-state index in [2.05, 4.69) is 34.6 Å². The van der Waals surface area contributed by atoms with Crippen LogP contribution in [0, 0.1) is 30.1 Å². The van der Waals surface area contributed by atoms with E-state index in [1.165, 1.54) is 43.8 Å².